The van der Waals surface area contributed by atoms with E-state index in [2.05, 4.69) is 31.2 Å². The number of halogens is 2. The molecule has 8 heteroatoms. The molecule has 0 aliphatic heterocycles. The van der Waals surface area contributed by atoms with E-state index >= 15 is 0 Å². The summed E-state index contributed by atoms with van der Waals surface area (Å²) in [5.74, 6) is 0.994. The summed E-state index contributed by atoms with van der Waals surface area (Å²) in [6.07, 6.45) is 6.63. The number of aromatic nitrogens is 2. The molecule has 3 rings (SSSR count). The first kappa shape index (κ1) is 26.3. The monoisotopic (exact) mass is 493 g/mol. The number of rotatable bonds is 6. The van der Waals surface area contributed by atoms with Crippen molar-refractivity contribution in [1.29, 1.82) is 0 Å². The maximum atomic E-state index is 13.1. The zero-order valence-corrected chi connectivity index (χ0v) is 20.3. The lowest BCUT2D eigenvalue weighted by Crippen LogP contribution is -1.98. The minimum atomic E-state index is -0.281. The van der Waals surface area contributed by atoms with Gasteiger partial charge in [0.2, 0.25) is 6.41 Å². The van der Waals surface area contributed by atoms with Crippen molar-refractivity contribution in [1.82, 2.24) is 9.97 Å². The van der Waals surface area contributed by atoms with E-state index in [1.807, 2.05) is 39.8 Å². The minimum absolute atomic E-state index is 0.281. The molecule has 0 spiro atoms. The van der Waals surface area contributed by atoms with Crippen molar-refractivity contribution in [2.45, 2.75) is 40.5 Å². The first-order valence-corrected chi connectivity index (χ1v) is 10.7. The summed E-state index contributed by atoms with van der Waals surface area (Å²) >= 11 is 3.43. The summed E-state index contributed by atoms with van der Waals surface area (Å²) in [5, 5.41) is 3.60. The standard InChI is InChI=1S/C12H11BrN2O2.C9H12FNO.C2H6/c1-7-8-3-9(13)12(17-2)4-10(8)14-5-11(7)15-6-16;1-3-4-7-8(10)5-11-6-9(7)12-2;1-2/h3-6H,1-2H3,(H,15,16);5-6H,3-4H2,1-2H3;1-2H3. The largest absolute Gasteiger partial charge is 0.495 e. The van der Waals surface area contributed by atoms with Crippen LogP contribution in [0.25, 0.3) is 10.9 Å². The lowest BCUT2D eigenvalue weighted by atomic mass is 10.1. The van der Waals surface area contributed by atoms with Crippen LogP contribution < -0.4 is 14.8 Å². The molecule has 6 nitrogen and oxygen atoms in total. The number of amides is 1. The molecule has 2 aromatic heterocycles. The summed E-state index contributed by atoms with van der Waals surface area (Å²) in [6, 6.07) is 3.80. The summed E-state index contributed by atoms with van der Waals surface area (Å²) in [5.41, 5.74) is 3.14. The first-order valence-electron chi connectivity index (χ1n) is 9.96. The van der Waals surface area contributed by atoms with E-state index in [0.717, 1.165) is 33.1 Å². The molecular formula is C23H29BrFN3O3. The van der Waals surface area contributed by atoms with Crippen LogP contribution in [0.2, 0.25) is 0 Å². The number of anilines is 1. The van der Waals surface area contributed by atoms with Gasteiger partial charge >= 0.3 is 0 Å². The number of nitrogens with one attached hydrogen (secondary N) is 1. The van der Waals surface area contributed by atoms with Crippen molar-refractivity contribution in [3.8, 4) is 11.5 Å². The molecular weight excluding hydrogens is 465 g/mol. The Kier molecular flexibility index (Phi) is 11.5. The van der Waals surface area contributed by atoms with Crippen LogP contribution in [0.1, 0.15) is 38.3 Å². The van der Waals surface area contributed by atoms with Crippen LogP contribution >= 0.6 is 15.9 Å². The van der Waals surface area contributed by atoms with Crippen LogP contribution in [0, 0.1) is 12.7 Å². The van der Waals surface area contributed by atoms with Crippen molar-refractivity contribution in [3.05, 3.63) is 52.1 Å². The van der Waals surface area contributed by atoms with E-state index in [1.54, 1.807) is 13.3 Å². The minimum Gasteiger partial charge on any atom is -0.495 e. The quantitative estimate of drug-likeness (QED) is 0.420. The van der Waals surface area contributed by atoms with E-state index in [1.165, 1.54) is 19.5 Å². The number of methoxy groups -OCH3 is 2. The molecule has 2 heterocycles. The molecule has 0 radical (unpaired) electrons. The van der Waals surface area contributed by atoms with E-state index < -0.39 is 0 Å². The highest BCUT2D eigenvalue weighted by Gasteiger charge is 2.09. The molecule has 0 aliphatic carbocycles. The average molecular weight is 494 g/mol. The Bertz CT molecular complexity index is 999. The molecule has 0 saturated carbocycles. The Hall–Kier alpha value is -2.74. The molecule has 1 aromatic carbocycles. The van der Waals surface area contributed by atoms with Crippen LogP contribution in [0.4, 0.5) is 10.1 Å². The molecule has 0 aliphatic rings. The number of benzene rings is 1. The van der Waals surface area contributed by atoms with Gasteiger partial charge in [0.25, 0.3) is 0 Å². The van der Waals surface area contributed by atoms with Crippen molar-refractivity contribution in [2.24, 2.45) is 0 Å². The molecule has 0 bridgehead atoms. The van der Waals surface area contributed by atoms with Crippen LogP contribution in [0.5, 0.6) is 11.5 Å². The normalized spacial score (nSPS) is 9.68. The molecule has 0 fully saturated rings. The second-order valence-corrected chi connectivity index (χ2v) is 6.97. The van der Waals surface area contributed by atoms with Crippen LogP contribution in [0.3, 0.4) is 0 Å². The van der Waals surface area contributed by atoms with Crippen molar-refractivity contribution < 1.29 is 18.7 Å². The highest BCUT2D eigenvalue weighted by atomic mass is 79.9. The SMILES string of the molecule is CC.CCCc1c(F)cncc1OC.COc1cc2ncc(NC=O)c(C)c2cc1Br. The number of nitrogens with zero attached hydrogens (tertiary/aromatic N) is 2. The second-order valence-electron chi connectivity index (χ2n) is 6.12. The topological polar surface area (TPSA) is 73.3 Å². The number of carbonyl (C=O) groups is 1. The van der Waals surface area contributed by atoms with Gasteiger partial charge in [-0.2, -0.15) is 0 Å². The van der Waals surface area contributed by atoms with Crippen molar-refractivity contribution in [2.75, 3.05) is 19.5 Å². The lowest BCUT2D eigenvalue weighted by Gasteiger charge is -2.10. The second kappa shape index (κ2) is 13.5. The van der Waals surface area contributed by atoms with Crippen LogP contribution in [-0.2, 0) is 11.2 Å². The van der Waals surface area contributed by atoms with Gasteiger partial charge in [-0.25, -0.2) is 4.39 Å². The van der Waals surface area contributed by atoms with Gasteiger partial charge in [0.15, 0.2) is 0 Å². The summed E-state index contributed by atoms with van der Waals surface area (Å²) < 4.78 is 24.1. The lowest BCUT2D eigenvalue weighted by molar-refractivity contribution is -0.105. The first-order chi connectivity index (χ1) is 15.0. The third-order valence-electron chi connectivity index (χ3n) is 4.31. The fourth-order valence-electron chi connectivity index (χ4n) is 2.80. The number of aryl methyl sites for hydroxylation is 1. The van der Waals surface area contributed by atoms with Gasteiger partial charge in [-0.15, -0.1) is 0 Å². The Morgan fingerprint density at radius 2 is 1.81 bits per heavy atom. The number of fused-ring (bicyclic) bond motifs is 1. The Morgan fingerprint density at radius 1 is 1.13 bits per heavy atom. The van der Waals surface area contributed by atoms with E-state index in [4.69, 9.17) is 9.47 Å². The Balaban J connectivity index is 0.000000303. The fourth-order valence-corrected chi connectivity index (χ4v) is 3.31. The van der Waals surface area contributed by atoms with Gasteiger partial charge < -0.3 is 14.8 Å². The Morgan fingerprint density at radius 3 is 2.39 bits per heavy atom. The number of pyridine rings is 2. The molecule has 0 unspecified atom stereocenters. The molecule has 0 atom stereocenters. The molecule has 168 valence electrons. The Labute approximate surface area is 191 Å². The van der Waals surface area contributed by atoms with Gasteiger partial charge in [-0.1, -0.05) is 27.2 Å². The van der Waals surface area contributed by atoms with Gasteiger partial charge in [0, 0.05) is 17.0 Å². The van der Waals surface area contributed by atoms with E-state index in [-0.39, 0.29) is 5.82 Å². The highest BCUT2D eigenvalue weighted by molar-refractivity contribution is 9.10. The predicted octanol–water partition coefficient (Wildman–Crippen LogP) is 6.09. The fraction of sp³-hybridized carbons (Fsp3) is 0.348. The maximum absolute atomic E-state index is 13.1. The average Bonchev–Trinajstić information content (AvgIpc) is 2.79. The smallest absolute Gasteiger partial charge is 0.211 e. The molecule has 1 amide bonds. The molecule has 3 aromatic rings. The summed E-state index contributed by atoms with van der Waals surface area (Å²) in [7, 11) is 3.14. The third-order valence-corrected chi connectivity index (χ3v) is 4.93. The zero-order chi connectivity index (χ0) is 23.4. The zero-order valence-electron chi connectivity index (χ0n) is 18.8. The van der Waals surface area contributed by atoms with Gasteiger partial charge in [-0.05, 0) is 40.9 Å². The van der Waals surface area contributed by atoms with Crippen molar-refractivity contribution >= 4 is 38.9 Å². The number of hydrogen-bond acceptors (Lipinski definition) is 5. The predicted molar refractivity (Wildman–Crippen MR) is 127 cm³/mol. The van der Waals surface area contributed by atoms with E-state index in [9.17, 15) is 9.18 Å². The van der Waals surface area contributed by atoms with Crippen LogP contribution in [-0.4, -0.2) is 30.6 Å². The van der Waals surface area contributed by atoms with Gasteiger partial charge in [0.1, 0.15) is 17.3 Å². The molecule has 1 N–H and O–H groups in total. The van der Waals surface area contributed by atoms with E-state index in [0.29, 0.717) is 29.8 Å². The summed E-state index contributed by atoms with van der Waals surface area (Å²) in [4.78, 5) is 18.4. The summed E-state index contributed by atoms with van der Waals surface area (Å²) in [6.45, 7) is 7.94. The maximum Gasteiger partial charge on any atom is 0.211 e. The van der Waals surface area contributed by atoms with Gasteiger partial charge in [-0.3, -0.25) is 14.8 Å². The number of carbonyl (C=O) groups excluding carboxylic acids is 1. The molecule has 0 saturated heterocycles. The third kappa shape index (κ3) is 6.89. The number of ether oxygens (including phenoxy) is 2. The van der Waals surface area contributed by atoms with Crippen molar-refractivity contribution in [3.63, 3.8) is 0 Å². The highest BCUT2D eigenvalue weighted by Crippen LogP contribution is 2.32. The van der Waals surface area contributed by atoms with Crippen LogP contribution in [0.15, 0.2) is 35.2 Å². The molecule has 31 heavy (non-hydrogen) atoms. The van der Waals surface area contributed by atoms with Gasteiger partial charge in [0.05, 0.1) is 48.5 Å². The number of hydrogen-bond donors (Lipinski definition) is 1.